The van der Waals surface area contributed by atoms with Crippen LogP contribution >= 0.6 is 0 Å². The number of hydrogen-bond donors (Lipinski definition) is 0. The molecule has 0 aliphatic heterocycles. The van der Waals surface area contributed by atoms with Crippen molar-refractivity contribution in [2.24, 2.45) is 0 Å². The van der Waals surface area contributed by atoms with Gasteiger partial charge in [-0.1, -0.05) is 214 Å². The first-order valence-corrected chi connectivity index (χ1v) is 20.8. The van der Waals surface area contributed by atoms with Gasteiger partial charge >= 0.3 is 0 Å². The highest BCUT2D eigenvalue weighted by atomic mass is 14.4. The van der Waals surface area contributed by atoms with E-state index in [4.69, 9.17) is 0 Å². The van der Waals surface area contributed by atoms with Crippen LogP contribution in [-0.4, -0.2) is 0 Å². The third-order valence-electron chi connectivity index (χ3n) is 13.2. The molecule has 11 aromatic carbocycles. The quantitative estimate of drug-likeness (QED) is 0.124. The molecule has 0 amide bonds. The summed E-state index contributed by atoms with van der Waals surface area (Å²) in [6.07, 6.45) is 0. The highest BCUT2D eigenvalue weighted by molar-refractivity contribution is 6.21. The summed E-state index contributed by atoms with van der Waals surface area (Å²) in [4.78, 5) is 0. The molecule has 1 aliphatic rings. The minimum absolute atomic E-state index is 0.134. The van der Waals surface area contributed by atoms with E-state index in [9.17, 15) is 0 Å². The van der Waals surface area contributed by atoms with Gasteiger partial charge < -0.3 is 0 Å². The molecule has 0 heterocycles. The van der Waals surface area contributed by atoms with Crippen LogP contribution in [0.15, 0.2) is 206 Å². The molecule has 11 aromatic rings. The van der Waals surface area contributed by atoms with Crippen LogP contribution in [0.2, 0.25) is 0 Å². The predicted molar refractivity (Wildman–Crippen MR) is 253 cm³/mol. The van der Waals surface area contributed by atoms with Gasteiger partial charge in [0.2, 0.25) is 0 Å². The van der Waals surface area contributed by atoms with Crippen molar-refractivity contribution in [1.82, 2.24) is 0 Å². The van der Waals surface area contributed by atoms with Crippen molar-refractivity contribution >= 4 is 53.9 Å². The Balaban J connectivity index is 0.974. The van der Waals surface area contributed by atoms with E-state index in [1.54, 1.807) is 0 Å². The van der Waals surface area contributed by atoms with E-state index in [1.165, 1.54) is 121 Å². The zero-order valence-corrected chi connectivity index (χ0v) is 33.1. The minimum Gasteiger partial charge on any atom is -0.0616 e. The summed E-state index contributed by atoms with van der Waals surface area (Å²) in [7, 11) is 0. The summed E-state index contributed by atoms with van der Waals surface area (Å²) in [5.74, 6) is 0. The lowest BCUT2D eigenvalue weighted by Crippen LogP contribution is -2.16. The summed E-state index contributed by atoms with van der Waals surface area (Å²) < 4.78 is 0. The lowest BCUT2D eigenvalue weighted by molar-refractivity contribution is 0.668. The maximum Gasteiger partial charge on any atom is 0.0171 e. The molecule has 1 aliphatic carbocycles. The SMILES string of the molecule is CC1(C)c2c(-c3ccc(-c4c5ccccc5c(-c5ccc(-c6cc7ccccc7c7ccccc67)cc5)c5ccccc45)cc3)cccc2-c2ccc3ccccc3c21. The molecule has 276 valence electrons. The van der Waals surface area contributed by atoms with Crippen molar-refractivity contribution in [1.29, 1.82) is 0 Å². The molecule has 0 fully saturated rings. The van der Waals surface area contributed by atoms with Gasteiger partial charge in [0.25, 0.3) is 0 Å². The first-order chi connectivity index (χ1) is 29.0. The predicted octanol–water partition coefficient (Wildman–Crippen LogP) is 16.4. The second kappa shape index (κ2) is 12.9. The third-order valence-corrected chi connectivity index (χ3v) is 13.2. The second-order valence-electron chi connectivity index (χ2n) is 16.7. The van der Waals surface area contributed by atoms with E-state index in [2.05, 4.69) is 220 Å². The molecule has 59 heavy (non-hydrogen) atoms. The normalized spacial score (nSPS) is 13.1. The first-order valence-electron chi connectivity index (χ1n) is 20.8. The maximum atomic E-state index is 2.40. The Labute approximate surface area is 344 Å². The van der Waals surface area contributed by atoms with Gasteiger partial charge in [0, 0.05) is 5.41 Å². The fourth-order valence-corrected chi connectivity index (χ4v) is 10.7. The largest absolute Gasteiger partial charge is 0.0616 e. The number of rotatable bonds is 4. The molecule has 0 unspecified atom stereocenters. The van der Waals surface area contributed by atoms with Gasteiger partial charge in [-0.2, -0.15) is 0 Å². The summed E-state index contributed by atoms with van der Waals surface area (Å²) in [6.45, 7) is 4.81. The molecule has 0 N–H and O–H groups in total. The summed E-state index contributed by atoms with van der Waals surface area (Å²) in [6, 6.07) is 76.8. The van der Waals surface area contributed by atoms with Crippen molar-refractivity contribution in [2.45, 2.75) is 19.3 Å². The Morgan fingerprint density at radius 2 is 0.678 bits per heavy atom. The molecule has 12 rings (SSSR count). The Morgan fingerprint density at radius 1 is 0.254 bits per heavy atom. The third kappa shape index (κ3) is 5.03. The first kappa shape index (κ1) is 33.8. The maximum absolute atomic E-state index is 2.40. The number of hydrogen-bond acceptors (Lipinski definition) is 0. The van der Waals surface area contributed by atoms with Crippen molar-refractivity contribution in [3.8, 4) is 55.6 Å². The van der Waals surface area contributed by atoms with Crippen LogP contribution in [0.1, 0.15) is 25.0 Å². The van der Waals surface area contributed by atoms with E-state index in [-0.39, 0.29) is 5.41 Å². The number of fused-ring (bicyclic) bond motifs is 10. The molecule has 0 saturated heterocycles. The monoisotopic (exact) mass is 748 g/mol. The van der Waals surface area contributed by atoms with Crippen LogP contribution in [0, 0.1) is 0 Å². The van der Waals surface area contributed by atoms with Gasteiger partial charge in [-0.3, -0.25) is 0 Å². The fraction of sp³-hybridized carbons (Fsp3) is 0.0508. The van der Waals surface area contributed by atoms with E-state index in [0.717, 1.165) is 0 Å². The highest BCUT2D eigenvalue weighted by Gasteiger charge is 2.38. The van der Waals surface area contributed by atoms with E-state index < -0.39 is 0 Å². The highest BCUT2D eigenvalue weighted by Crippen LogP contribution is 2.54. The van der Waals surface area contributed by atoms with Gasteiger partial charge in [0.15, 0.2) is 0 Å². The van der Waals surface area contributed by atoms with Gasteiger partial charge in [-0.25, -0.2) is 0 Å². The topological polar surface area (TPSA) is 0 Å². The van der Waals surface area contributed by atoms with Gasteiger partial charge in [-0.05, 0) is 127 Å². The van der Waals surface area contributed by atoms with Crippen molar-refractivity contribution in [3.63, 3.8) is 0 Å². The van der Waals surface area contributed by atoms with Crippen molar-refractivity contribution < 1.29 is 0 Å². The molecule has 0 heteroatoms. The number of benzene rings is 11. The summed E-state index contributed by atoms with van der Waals surface area (Å²) in [5.41, 5.74) is 15.5. The molecule has 0 bridgehead atoms. The lowest BCUT2D eigenvalue weighted by Gasteiger charge is -2.26. The zero-order valence-electron chi connectivity index (χ0n) is 33.1. The van der Waals surface area contributed by atoms with Gasteiger partial charge in [0.1, 0.15) is 0 Å². The molecule has 0 spiro atoms. The van der Waals surface area contributed by atoms with E-state index in [0.29, 0.717) is 0 Å². The second-order valence-corrected chi connectivity index (χ2v) is 16.7. The van der Waals surface area contributed by atoms with Crippen molar-refractivity contribution in [3.05, 3.63) is 217 Å². The van der Waals surface area contributed by atoms with Crippen LogP contribution in [0.5, 0.6) is 0 Å². The Kier molecular flexibility index (Phi) is 7.38. The van der Waals surface area contributed by atoms with Crippen LogP contribution in [0.4, 0.5) is 0 Å². The van der Waals surface area contributed by atoms with E-state index in [1.807, 2.05) is 0 Å². The fourth-order valence-electron chi connectivity index (χ4n) is 10.7. The molecular formula is C59H40. The summed E-state index contributed by atoms with van der Waals surface area (Å²) >= 11 is 0. The Hall–Kier alpha value is -7.28. The standard InChI is InChI=1S/C59H40/c1-59(2)57-45(24-13-25-52(57)53-35-34-37-14-3-6-17-44(37)58(53)59)38-26-30-40(31-27-38)55-48-20-9-11-22-50(48)56(51-23-12-10-21-49(51)55)41-32-28-39(29-33-41)54-36-42-15-4-5-16-43(42)46-18-7-8-19-47(46)54/h3-36H,1-2H3. The van der Waals surface area contributed by atoms with Crippen LogP contribution in [-0.2, 0) is 5.41 Å². The molecule has 0 atom stereocenters. The molecule has 0 radical (unpaired) electrons. The summed E-state index contributed by atoms with van der Waals surface area (Å²) in [5, 5.41) is 12.9. The van der Waals surface area contributed by atoms with Gasteiger partial charge in [0.05, 0.1) is 0 Å². The van der Waals surface area contributed by atoms with Gasteiger partial charge in [-0.15, -0.1) is 0 Å². The van der Waals surface area contributed by atoms with Crippen LogP contribution < -0.4 is 0 Å². The van der Waals surface area contributed by atoms with Crippen molar-refractivity contribution in [2.75, 3.05) is 0 Å². The average Bonchev–Trinajstić information content (AvgIpc) is 3.54. The average molecular weight is 749 g/mol. The van der Waals surface area contributed by atoms with E-state index >= 15 is 0 Å². The molecular weight excluding hydrogens is 709 g/mol. The molecule has 0 aromatic heterocycles. The Bertz CT molecular complexity index is 3430. The van der Waals surface area contributed by atoms with Crippen LogP contribution in [0.3, 0.4) is 0 Å². The minimum atomic E-state index is -0.134. The Morgan fingerprint density at radius 3 is 1.27 bits per heavy atom. The smallest absolute Gasteiger partial charge is 0.0171 e. The lowest BCUT2D eigenvalue weighted by atomic mass is 9.77. The molecule has 0 nitrogen and oxygen atoms in total. The molecule has 0 saturated carbocycles. The zero-order chi connectivity index (χ0) is 39.2. The van der Waals surface area contributed by atoms with Crippen LogP contribution in [0.25, 0.3) is 109 Å².